The minimum Gasteiger partial charge on any atom is -0.353 e. The van der Waals surface area contributed by atoms with Gasteiger partial charge in [-0.1, -0.05) is 23.4 Å². The number of alkyl halides is 3. The summed E-state index contributed by atoms with van der Waals surface area (Å²) >= 11 is 6.48. The number of amides is 1. The van der Waals surface area contributed by atoms with Gasteiger partial charge in [-0.2, -0.15) is 13.2 Å². The minimum atomic E-state index is -4.47. The Kier molecular flexibility index (Phi) is 4.25. The van der Waals surface area contributed by atoms with Crippen molar-refractivity contribution in [3.05, 3.63) is 22.8 Å². The third kappa shape index (κ3) is 4.58. The van der Waals surface area contributed by atoms with Crippen LogP contribution >= 0.6 is 23.4 Å². The van der Waals surface area contributed by atoms with Gasteiger partial charge < -0.3 is 5.32 Å². The molecule has 0 aliphatic heterocycles. The molecule has 1 aromatic rings. The van der Waals surface area contributed by atoms with Crippen LogP contribution in [-0.4, -0.2) is 22.7 Å². The van der Waals surface area contributed by atoms with Crippen molar-refractivity contribution < 1.29 is 18.0 Å². The first-order valence-electron chi connectivity index (χ1n) is 5.51. The predicted octanol–water partition coefficient (Wildman–Crippen LogP) is 3.12. The Morgan fingerprint density at radius 1 is 1.47 bits per heavy atom. The van der Waals surface area contributed by atoms with Crippen LogP contribution in [0.5, 0.6) is 0 Å². The molecule has 1 amide bonds. The molecule has 3 nitrogen and oxygen atoms in total. The molecule has 0 aromatic carbocycles. The SMILES string of the molecule is O=C(CSc1cc(C(F)(F)F)cc(Cl)n1)NC1CC1. The largest absolute Gasteiger partial charge is 0.416 e. The first-order valence-corrected chi connectivity index (χ1v) is 6.88. The average Bonchev–Trinajstić information content (AvgIpc) is 3.08. The van der Waals surface area contributed by atoms with E-state index >= 15 is 0 Å². The van der Waals surface area contributed by atoms with Gasteiger partial charge in [-0.05, 0) is 25.0 Å². The fourth-order valence-electron chi connectivity index (χ4n) is 1.35. The number of nitrogens with one attached hydrogen (secondary N) is 1. The zero-order valence-corrected chi connectivity index (χ0v) is 11.2. The topological polar surface area (TPSA) is 42.0 Å². The van der Waals surface area contributed by atoms with Crippen molar-refractivity contribution in [2.24, 2.45) is 0 Å². The van der Waals surface area contributed by atoms with Gasteiger partial charge in [0.2, 0.25) is 5.91 Å². The summed E-state index contributed by atoms with van der Waals surface area (Å²) in [6.45, 7) is 0. The lowest BCUT2D eigenvalue weighted by Gasteiger charge is -2.09. The summed E-state index contributed by atoms with van der Waals surface area (Å²) in [7, 11) is 0. The number of halogens is 4. The first kappa shape index (κ1) is 14.5. The predicted molar refractivity (Wildman–Crippen MR) is 66.1 cm³/mol. The van der Waals surface area contributed by atoms with Crippen LogP contribution < -0.4 is 5.32 Å². The third-order valence-corrected chi connectivity index (χ3v) is 3.50. The quantitative estimate of drug-likeness (QED) is 0.686. The number of carbonyl (C=O) groups excluding carboxylic acids is 1. The molecule has 0 bridgehead atoms. The average molecular weight is 311 g/mol. The number of nitrogens with zero attached hydrogens (tertiary/aromatic N) is 1. The monoisotopic (exact) mass is 310 g/mol. The number of rotatable bonds is 4. The van der Waals surface area contributed by atoms with E-state index in [4.69, 9.17) is 11.6 Å². The molecule has 0 atom stereocenters. The van der Waals surface area contributed by atoms with E-state index in [1.165, 1.54) is 0 Å². The number of aromatic nitrogens is 1. The van der Waals surface area contributed by atoms with Crippen molar-refractivity contribution in [1.82, 2.24) is 10.3 Å². The van der Waals surface area contributed by atoms with Gasteiger partial charge in [0.05, 0.1) is 16.3 Å². The van der Waals surface area contributed by atoms with Crippen LogP contribution in [0.25, 0.3) is 0 Å². The standard InChI is InChI=1S/C11H10ClF3N2OS/c12-8-3-6(11(13,14)15)4-10(17-8)19-5-9(18)16-7-1-2-7/h3-4,7H,1-2,5H2,(H,16,18). The molecule has 0 radical (unpaired) electrons. The highest BCUT2D eigenvalue weighted by Gasteiger charge is 2.31. The molecule has 1 aliphatic carbocycles. The number of thioether (sulfide) groups is 1. The van der Waals surface area contributed by atoms with Crippen LogP contribution in [0.3, 0.4) is 0 Å². The molecule has 2 rings (SSSR count). The number of hydrogen-bond acceptors (Lipinski definition) is 3. The van der Waals surface area contributed by atoms with E-state index in [9.17, 15) is 18.0 Å². The lowest BCUT2D eigenvalue weighted by molar-refractivity contribution is -0.137. The van der Waals surface area contributed by atoms with Crippen LogP contribution in [0.4, 0.5) is 13.2 Å². The highest BCUT2D eigenvalue weighted by Crippen LogP contribution is 2.33. The van der Waals surface area contributed by atoms with E-state index in [-0.39, 0.29) is 27.9 Å². The summed E-state index contributed by atoms with van der Waals surface area (Å²) in [4.78, 5) is 15.2. The van der Waals surface area contributed by atoms with Crippen LogP contribution in [0.15, 0.2) is 17.2 Å². The number of carbonyl (C=O) groups is 1. The molecule has 104 valence electrons. The molecule has 0 spiro atoms. The second kappa shape index (κ2) is 5.58. The molecular weight excluding hydrogens is 301 g/mol. The van der Waals surface area contributed by atoms with Crippen molar-refractivity contribution in [2.45, 2.75) is 30.1 Å². The first-order chi connectivity index (χ1) is 8.84. The maximum atomic E-state index is 12.6. The van der Waals surface area contributed by atoms with Gasteiger partial charge in [-0.25, -0.2) is 4.98 Å². The summed E-state index contributed by atoms with van der Waals surface area (Å²) < 4.78 is 37.7. The van der Waals surface area contributed by atoms with E-state index in [1.807, 2.05) is 0 Å². The summed E-state index contributed by atoms with van der Waals surface area (Å²) in [5.41, 5.74) is -0.863. The van der Waals surface area contributed by atoms with Crippen molar-refractivity contribution in [2.75, 3.05) is 5.75 Å². The number of hydrogen-bond donors (Lipinski definition) is 1. The molecule has 1 aliphatic rings. The maximum absolute atomic E-state index is 12.6. The summed E-state index contributed by atoms with van der Waals surface area (Å²) in [5, 5.41) is 2.59. The maximum Gasteiger partial charge on any atom is 0.416 e. The molecule has 8 heteroatoms. The normalized spacial score (nSPS) is 15.4. The molecule has 1 heterocycles. The van der Waals surface area contributed by atoms with E-state index in [2.05, 4.69) is 10.3 Å². The molecular formula is C11H10ClF3N2OS. The summed E-state index contributed by atoms with van der Waals surface area (Å²) in [5.74, 6) is -0.177. The number of pyridine rings is 1. The highest BCUT2D eigenvalue weighted by molar-refractivity contribution is 7.99. The van der Waals surface area contributed by atoms with E-state index in [1.54, 1.807) is 0 Å². The molecule has 0 unspecified atom stereocenters. The second-order valence-corrected chi connectivity index (χ2v) is 5.53. The second-order valence-electron chi connectivity index (χ2n) is 4.15. The molecule has 0 saturated heterocycles. The van der Waals surface area contributed by atoms with Crippen LogP contribution in [0.1, 0.15) is 18.4 Å². The Morgan fingerprint density at radius 2 is 2.16 bits per heavy atom. The van der Waals surface area contributed by atoms with Gasteiger partial charge >= 0.3 is 6.18 Å². The lowest BCUT2D eigenvalue weighted by Crippen LogP contribution is -2.27. The zero-order chi connectivity index (χ0) is 14.0. The fraction of sp³-hybridized carbons (Fsp3) is 0.455. The molecule has 1 aromatic heterocycles. The van der Waals surface area contributed by atoms with Gasteiger partial charge in [0.1, 0.15) is 5.15 Å². The van der Waals surface area contributed by atoms with Gasteiger partial charge in [0, 0.05) is 6.04 Å². The van der Waals surface area contributed by atoms with Gasteiger partial charge in [-0.15, -0.1) is 0 Å². The Hall–Kier alpha value is -0.950. The van der Waals surface area contributed by atoms with Gasteiger partial charge in [0.15, 0.2) is 0 Å². The summed E-state index contributed by atoms with van der Waals surface area (Å²) in [6, 6.07) is 1.88. The van der Waals surface area contributed by atoms with Crippen LogP contribution in [0.2, 0.25) is 5.15 Å². The van der Waals surface area contributed by atoms with Gasteiger partial charge in [-0.3, -0.25) is 4.79 Å². The van der Waals surface area contributed by atoms with E-state index < -0.39 is 11.7 Å². The van der Waals surface area contributed by atoms with Crippen molar-refractivity contribution >= 4 is 29.3 Å². The zero-order valence-electron chi connectivity index (χ0n) is 9.63. The van der Waals surface area contributed by atoms with E-state index in [0.717, 1.165) is 36.7 Å². The highest BCUT2D eigenvalue weighted by atomic mass is 35.5. The van der Waals surface area contributed by atoms with Gasteiger partial charge in [0.25, 0.3) is 0 Å². The lowest BCUT2D eigenvalue weighted by atomic mass is 10.3. The Morgan fingerprint density at radius 3 is 2.74 bits per heavy atom. The summed E-state index contributed by atoms with van der Waals surface area (Å²) in [6.07, 6.45) is -2.55. The third-order valence-electron chi connectivity index (χ3n) is 2.39. The molecule has 1 N–H and O–H groups in total. The van der Waals surface area contributed by atoms with Crippen molar-refractivity contribution in [1.29, 1.82) is 0 Å². The molecule has 19 heavy (non-hydrogen) atoms. The van der Waals surface area contributed by atoms with Crippen LogP contribution in [-0.2, 0) is 11.0 Å². The van der Waals surface area contributed by atoms with E-state index in [0.29, 0.717) is 0 Å². The Bertz CT molecular complexity index is 491. The minimum absolute atomic E-state index is 0.0289. The smallest absolute Gasteiger partial charge is 0.353 e. The van der Waals surface area contributed by atoms with Crippen molar-refractivity contribution in [3.8, 4) is 0 Å². The Labute approximate surface area is 116 Å². The molecule has 1 saturated carbocycles. The van der Waals surface area contributed by atoms with Crippen molar-refractivity contribution in [3.63, 3.8) is 0 Å². The Balaban J connectivity index is 1.99. The molecule has 1 fully saturated rings. The fourth-order valence-corrected chi connectivity index (χ4v) is 2.34. The van der Waals surface area contributed by atoms with Crippen LogP contribution in [0, 0.1) is 0 Å².